The first kappa shape index (κ1) is 19.0. The van der Waals surface area contributed by atoms with Crippen LogP contribution in [-0.2, 0) is 14.8 Å². The van der Waals surface area contributed by atoms with Crippen molar-refractivity contribution in [3.63, 3.8) is 0 Å². The third-order valence-electron chi connectivity index (χ3n) is 4.48. The van der Waals surface area contributed by atoms with Gasteiger partial charge in [0, 0.05) is 30.7 Å². The molecule has 2 N–H and O–H groups in total. The zero-order valence-corrected chi connectivity index (χ0v) is 16.5. The highest BCUT2D eigenvalue weighted by molar-refractivity contribution is 9.10. The molecule has 1 heterocycles. The minimum absolute atomic E-state index is 0.253. The van der Waals surface area contributed by atoms with Crippen LogP contribution in [0.2, 0.25) is 0 Å². The Balaban J connectivity index is 1.76. The molecule has 1 aliphatic rings. The third kappa shape index (κ3) is 3.83. The van der Waals surface area contributed by atoms with E-state index in [0.29, 0.717) is 30.7 Å². The van der Waals surface area contributed by atoms with Crippen LogP contribution in [0, 0.1) is 0 Å². The summed E-state index contributed by atoms with van der Waals surface area (Å²) in [7, 11) is -3.58. The molecule has 0 saturated carbocycles. The Morgan fingerprint density at radius 3 is 2.12 bits per heavy atom. The van der Waals surface area contributed by atoms with Crippen molar-refractivity contribution < 1.29 is 13.2 Å². The number of amides is 1. The number of primary amides is 1. The predicted octanol–water partition coefficient (Wildman–Crippen LogP) is 1.98. The normalized spacial score (nSPS) is 17.7. The maximum atomic E-state index is 12.9. The topological polar surface area (TPSA) is 83.7 Å². The second-order valence-corrected chi connectivity index (χ2v) is 8.85. The smallest absolute Gasteiger partial charge is 0.244 e. The Hall–Kier alpha value is -1.74. The van der Waals surface area contributed by atoms with E-state index < -0.39 is 22.0 Å². The number of rotatable bonds is 5. The van der Waals surface area contributed by atoms with E-state index in [1.807, 2.05) is 35.2 Å². The van der Waals surface area contributed by atoms with Crippen LogP contribution in [0.5, 0.6) is 0 Å². The average molecular weight is 438 g/mol. The minimum atomic E-state index is -3.58. The SMILES string of the molecule is NC(=O)C(c1ccccc1)N1CCN(S(=O)(=O)c2ccccc2Br)CC1. The van der Waals surface area contributed by atoms with Crippen LogP contribution in [0.25, 0.3) is 0 Å². The summed E-state index contributed by atoms with van der Waals surface area (Å²) in [5.41, 5.74) is 6.43. The minimum Gasteiger partial charge on any atom is -0.368 e. The van der Waals surface area contributed by atoms with Crippen molar-refractivity contribution in [1.29, 1.82) is 0 Å². The van der Waals surface area contributed by atoms with Gasteiger partial charge in [-0.2, -0.15) is 4.31 Å². The number of carbonyl (C=O) groups excluding carboxylic acids is 1. The van der Waals surface area contributed by atoms with Gasteiger partial charge in [0.25, 0.3) is 0 Å². The Morgan fingerprint density at radius 1 is 0.962 bits per heavy atom. The molecule has 0 bridgehead atoms. The quantitative estimate of drug-likeness (QED) is 0.774. The molecule has 2 aromatic rings. The summed E-state index contributed by atoms with van der Waals surface area (Å²) in [6.45, 7) is 1.49. The van der Waals surface area contributed by atoms with Gasteiger partial charge in [-0.15, -0.1) is 0 Å². The average Bonchev–Trinajstić information content (AvgIpc) is 2.63. The second-order valence-electron chi connectivity index (χ2n) is 6.09. The number of hydrogen-bond donors (Lipinski definition) is 1. The van der Waals surface area contributed by atoms with Gasteiger partial charge in [-0.05, 0) is 33.6 Å². The van der Waals surface area contributed by atoms with Crippen molar-refractivity contribution in [3.05, 3.63) is 64.6 Å². The molecular weight excluding hydrogens is 418 g/mol. The molecule has 0 aliphatic carbocycles. The standard InChI is InChI=1S/C18H20BrN3O3S/c19-15-8-4-5-9-16(15)26(24,25)22-12-10-21(11-13-22)17(18(20)23)14-6-2-1-3-7-14/h1-9,17H,10-13H2,(H2,20,23). The third-order valence-corrected chi connectivity index (χ3v) is 7.39. The van der Waals surface area contributed by atoms with Crippen LogP contribution in [0.15, 0.2) is 64.0 Å². The number of piperazine rings is 1. The first-order valence-electron chi connectivity index (χ1n) is 8.24. The summed E-state index contributed by atoms with van der Waals surface area (Å²) in [5, 5.41) is 0. The van der Waals surface area contributed by atoms with Crippen molar-refractivity contribution in [2.24, 2.45) is 5.73 Å². The van der Waals surface area contributed by atoms with Crippen molar-refractivity contribution in [2.75, 3.05) is 26.2 Å². The summed E-state index contributed by atoms with van der Waals surface area (Å²) in [4.78, 5) is 14.2. The van der Waals surface area contributed by atoms with E-state index >= 15 is 0 Å². The van der Waals surface area contributed by atoms with Crippen molar-refractivity contribution in [1.82, 2.24) is 9.21 Å². The van der Waals surface area contributed by atoms with E-state index in [4.69, 9.17) is 5.73 Å². The summed E-state index contributed by atoms with van der Waals surface area (Å²) in [6.07, 6.45) is 0. The molecule has 6 nitrogen and oxygen atoms in total. The first-order valence-corrected chi connectivity index (χ1v) is 10.5. The predicted molar refractivity (Wildman–Crippen MR) is 103 cm³/mol. The van der Waals surface area contributed by atoms with Crippen molar-refractivity contribution >= 4 is 31.9 Å². The number of hydrogen-bond acceptors (Lipinski definition) is 4. The molecule has 1 aliphatic heterocycles. The molecule has 1 unspecified atom stereocenters. The number of benzene rings is 2. The van der Waals surface area contributed by atoms with Crippen LogP contribution in [0.3, 0.4) is 0 Å². The maximum Gasteiger partial charge on any atom is 0.244 e. The summed E-state index contributed by atoms with van der Waals surface area (Å²) < 4.78 is 27.7. The number of halogens is 1. The Morgan fingerprint density at radius 2 is 1.54 bits per heavy atom. The number of nitrogens with zero attached hydrogens (tertiary/aromatic N) is 2. The highest BCUT2D eigenvalue weighted by atomic mass is 79.9. The lowest BCUT2D eigenvalue weighted by Gasteiger charge is -2.37. The summed E-state index contributed by atoms with van der Waals surface area (Å²) >= 11 is 3.31. The Kier molecular flexibility index (Phi) is 5.76. The van der Waals surface area contributed by atoms with E-state index in [2.05, 4.69) is 15.9 Å². The molecule has 8 heteroatoms. The molecule has 138 valence electrons. The fourth-order valence-electron chi connectivity index (χ4n) is 3.19. The molecule has 1 fully saturated rings. The van der Waals surface area contributed by atoms with Crippen molar-refractivity contribution in [3.8, 4) is 0 Å². The maximum absolute atomic E-state index is 12.9. The van der Waals surface area contributed by atoms with E-state index in [-0.39, 0.29) is 4.90 Å². The lowest BCUT2D eigenvalue weighted by atomic mass is 10.0. The lowest BCUT2D eigenvalue weighted by molar-refractivity contribution is -0.124. The molecule has 2 aromatic carbocycles. The van der Waals surface area contributed by atoms with E-state index in [1.165, 1.54) is 4.31 Å². The monoisotopic (exact) mass is 437 g/mol. The van der Waals surface area contributed by atoms with Crippen LogP contribution in [-0.4, -0.2) is 49.7 Å². The summed E-state index contributed by atoms with van der Waals surface area (Å²) in [6, 6.07) is 15.5. The van der Waals surface area contributed by atoms with Gasteiger partial charge in [0.05, 0.1) is 4.90 Å². The van der Waals surface area contributed by atoms with Crippen molar-refractivity contribution in [2.45, 2.75) is 10.9 Å². The van der Waals surface area contributed by atoms with E-state index in [0.717, 1.165) is 5.56 Å². The Labute approximate surface area is 161 Å². The van der Waals surface area contributed by atoms with Gasteiger partial charge in [-0.3, -0.25) is 9.69 Å². The molecular formula is C18H20BrN3O3S. The van der Waals surface area contributed by atoms with Gasteiger partial charge < -0.3 is 5.73 Å². The van der Waals surface area contributed by atoms with Gasteiger partial charge in [0.2, 0.25) is 15.9 Å². The van der Waals surface area contributed by atoms with Crippen LogP contribution >= 0.6 is 15.9 Å². The van der Waals surface area contributed by atoms with E-state index in [1.54, 1.807) is 24.3 Å². The molecule has 1 saturated heterocycles. The second kappa shape index (κ2) is 7.87. The molecule has 0 radical (unpaired) electrons. The highest BCUT2D eigenvalue weighted by Gasteiger charge is 2.34. The largest absolute Gasteiger partial charge is 0.368 e. The first-order chi connectivity index (χ1) is 12.4. The zero-order chi connectivity index (χ0) is 18.7. The number of carbonyl (C=O) groups is 1. The number of sulfonamides is 1. The highest BCUT2D eigenvalue weighted by Crippen LogP contribution is 2.27. The van der Waals surface area contributed by atoms with Gasteiger partial charge in [-0.1, -0.05) is 42.5 Å². The van der Waals surface area contributed by atoms with Gasteiger partial charge >= 0.3 is 0 Å². The van der Waals surface area contributed by atoms with Gasteiger partial charge in [0.1, 0.15) is 6.04 Å². The molecule has 0 aromatic heterocycles. The van der Waals surface area contributed by atoms with Crippen LogP contribution in [0.4, 0.5) is 0 Å². The van der Waals surface area contributed by atoms with Crippen LogP contribution < -0.4 is 5.73 Å². The lowest BCUT2D eigenvalue weighted by Crippen LogP contribution is -2.51. The van der Waals surface area contributed by atoms with Gasteiger partial charge in [0.15, 0.2) is 0 Å². The molecule has 1 atom stereocenters. The number of nitrogens with two attached hydrogens (primary N) is 1. The Bertz CT molecular complexity index is 882. The zero-order valence-electron chi connectivity index (χ0n) is 14.1. The molecule has 26 heavy (non-hydrogen) atoms. The fraction of sp³-hybridized carbons (Fsp3) is 0.278. The molecule has 3 rings (SSSR count). The van der Waals surface area contributed by atoms with Crippen LogP contribution in [0.1, 0.15) is 11.6 Å². The fourth-order valence-corrected chi connectivity index (χ4v) is 5.57. The molecule has 1 amide bonds. The summed E-state index contributed by atoms with van der Waals surface area (Å²) in [5.74, 6) is -0.432. The molecule has 0 spiro atoms. The van der Waals surface area contributed by atoms with Gasteiger partial charge in [-0.25, -0.2) is 8.42 Å². The van der Waals surface area contributed by atoms with E-state index in [9.17, 15) is 13.2 Å².